The summed E-state index contributed by atoms with van der Waals surface area (Å²) in [4.78, 5) is 26.3. The Kier molecular flexibility index (Phi) is 5.75. The fourth-order valence-electron chi connectivity index (χ4n) is 2.75. The molecular weight excluding hydrogens is 336 g/mol. The molecule has 0 unspecified atom stereocenters. The van der Waals surface area contributed by atoms with E-state index >= 15 is 0 Å². The molecule has 1 aromatic rings. The molecule has 0 radical (unpaired) electrons. The first-order valence-electron chi connectivity index (χ1n) is 8.59. The van der Waals surface area contributed by atoms with Crippen molar-refractivity contribution in [1.82, 2.24) is 10.2 Å². The Morgan fingerprint density at radius 2 is 2.27 bits per heavy atom. The lowest BCUT2D eigenvalue weighted by Crippen LogP contribution is -2.34. The summed E-state index contributed by atoms with van der Waals surface area (Å²) in [7, 11) is 3.85. The van der Waals surface area contributed by atoms with Crippen molar-refractivity contribution in [2.45, 2.75) is 12.5 Å². The highest BCUT2D eigenvalue weighted by molar-refractivity contribution is 6.05. The van der Waals surface area contributed by atoms with E-state index in [-0.39, 0.29) is 17.9 Å². The van der Waals surface area contributed by atoms with Crippen molar-refractivity contribution >= 4 is 23.2 Å². The number of carbonyl (C=O) groups excluding carboxylic acids is 2. The van der Waals surface area contributed by atoms with Gasteiger partial charge >= 0.3 is 0 Å². The van der Waals surface area contributed by atoms with Gasteiger partial charge in [-0.25, -0.2) is 0 Å². The Bertz CT molecular complexity index is 711. The summed E-state index contributed by atoms with van der Waals surface area (Å²) in [5.41, 5.74) is 1.62. The highest BCUT2D eigenvalue weighted by Crippen LogP contribution is 2.34. The van der Waals surface area contributed by atoms with Gasteiger partial charge in [0.2, 0.25) is 5.91 Å². The van der Waals surface area contributed by atoms with Crippen molar-refractivity contribution in [3.05, 3.63) is 29.8 Å². The van der Waals surface area contributed by atoms with Crippen molar-refractivity contribution in [2.75, 3.05) is 51.2 Å². The first-order chi connectivity index (χ1) is 12.5. The van der Waals surface area contributed by atoms with E-state index in [0.29, 0.717) is 49.1 Å². The quantitative estimate of drug-likeness (QED) is 0.656. The average Bonchev–Trinajstić information content (AvgIpc) is 3.09. The molecule has 1 aromatic carbocycles. The number of benzene rings is 1. The second kappa shape index (κ2) is 8.20. The van der Waals surface area contributed by atoms with E-state index in [0.717, 1.165) is 6.42 Å². The van der Waals surface area contributed by atoms with Gasteiger partial charge in [0.1, 0.15) is 11.9 Å². The number of carbonyl (C=O) groups is 2. The molecule has 0 bridgehead atoms. The fraction of sp³-hybridized carbons (Fsp3) is 0.444. The topological polar surface area (TPSA) is 91.9 Å². The molecule has 140 valence electrons. The first kappa shape index (κ1) is 18.2. The minimum absolute atomic E-state index is 0.0644. The zero-order valence-corrected chi connectivity index (χ0v) is 15.0. The molecule has 8 nitrogen and oxygen atoms in total. The maximum Gasteiger partial charge on any atom is 0.254 e. The molecule has 2 aliphatic rings. The molecule has 3 N–H and O–H groups in total. The van der Waals surface area contributed by atoms with Crippen LogP contribution >= 0.6 is 0 Å². The third-order valence-corrected chi connectivity index (χ3v) is 4.07. The molecule has 0 spiro atoms. The first-order valence-corrected chi connectivity index (χ1v) is 8.59. The third kappa shape index (κ3) is 4.53. The third-order valence-electron chi connectivity index (χ3n) is 4.07. The maximum absolute atomic E-state index is 12.2. The fourth-order valence-corrected chi connectivity index (χ4v) is 2.75. The average molecular weight is 360 g/mol. The van der Waals surface area contributed by atoms with Crippen LogP contribution in [0.5, 0.6) is 5.75 Å². The molecule has 26 heavy (non-hydrogen) atoms. The van der Waals surface area contributed by atoms with E-state index in [1.807, 2.05) is 19.0 Å². The molecule has 1 fully saturated rings. The van der Waals surface area contributed by atoms with Gasteiger partial charge in [-0.05, 0) is 20.2 Å². The minimum Gasteiger partial charge on any atom is -0.486 e. The van der Waals surface area contributed by atoms with Crippen LogP contribution in [0.1, 0.15) is 16.8 Å². The molecule has 2 amide bonds. The SMILES string of the molecule is CN(C)C/C=C/C(=O)Nc1cc2c(cc1O[C@H]1CCOC1)NCNC2=O. The van der Waals surface area contributed by atoms with Crippen LogP contribution in [0.3, 0.4) is 0 Å². The molecular formula is C18H24N4O4. The molecule has 1 atom stereocenters. The Hall–Kier alpha value is -2.58. The van der Waals surface area contributed by atoms with E-state index in [4.69, 9.17) is 9.47 Å². The Balaban J connectivity index is 1.82. The number of amides is 2. The minimum atomic E-state index is -0.275. The van der Waals surface area contributed by atoms with Gasteiger partial charge in [-0.1, -0.05) is 6.08 Å². The van der Waals surface area contributed by atoms with E-state index < -0.39 is 0 Å². The molecule has 0 saturated carbocycles. The number of nitrogens with one attached hydrogen (secondary N) is 3. The second-order valence-electron chi connectivity index (χ2n) is 6.51. The molecule has 0 aromatic heterocycles. The van der Waals surface area contributed by atoms with Gasteiger partial charge in [-0.15, -0.1) is 0 Å². The molecule has 0 aliphatic carbocycles. The Labute approximate surface area is 152 Å². The van der Waals surface area contributed by atoms with Gasteiger partial charge in [-0.3, -0.25) is 9.59 Å². The zero-order chi connectivity index (χ0) is 18.5. The van der Waals surface area contributed by atoms with Crippen molar-refractivity contribution in [1.29, 1.82) is 0 Å². The normalized spacial score (nSPS) is 19.2. The molecule has 2 heterocycles. The molecule has 2 aliphatic heterocycles. The van der Waals surface area contributed by atoms with Crippen LogP contribution in [0, 0.1) is 0 Å². The van der Waals surface area contributed by atoms with Crippen LogP contribution in [-0.4, -0.2) is 63.3 Å². The van der Waals surface area contributed by atoms with E-state index in [9.17, 15) is 9.59 Å². The van der Waals surface area contributed by atoms with Crippen LogP contribution in [0.4, 0.5) is 11.4 Å². The van der Waals surface area contributed by atoms with E-state index in [2.05, 4.69) is 16.0 Å². The monoisotopic (exact) mass is 360 g/mol. The number of hydrogen-bond donors (Lipinski definition) is 3. The van der Waals surface area contributed by atoms with Crippen LogP contribution in [0.2, 0.25) is 0 Å². The summed E-state index contributed by atoms with van der Waals surface area (Å²) in [6.45, 7) is 2.19. The van der Waals surface area contributed by atoms with Gasteiger partial charge in [0.15, 0.2) is 0 Å². The van der Waals surface area contributed by atoms with E-state index in [1.54, 1.807) is 18.2 Å². The standard InChI is InChI=1S/C18H24N4O4/c1-22(2)6-3-4-17(23)21-15-8-13-14(19-11-20-18(13)24)9-16(15)26-12-5-7-25-10-12/h3-4,8-9,12,19H,5-7,10-11H2,1-2H3,(H,20,24)(H,21,23)/b4-3+/t12-/m0/s1. The number of likely N-dealkylation sites (N-methyl/N-ethyl adjacent to an activating group) is 1. The summed E-state index contributed by atoms with van der Waals surface area (Å²) in [6.07, 6.45) is 3.97. The number of anilines is 2. The van der Waals surface area contributed by atoms with Gasteiger partial charge in [-0.2, -0.15) is 0 Å². The van der Waals surface area contributed by atoms with Crippen molar-refractivity contribution in [3.8, 4) is 5.75 Å². The summed E-state index contributed by atoms with van der Waals surface area (Å²) in [5.74, 6) is 0.0625. The number of ether oxygens (including phenoxy) is 2. The van der Waals surface area contributed by atoms with Gasteiger partial charge in [0.05, 0.1) is 36.8 Å². The second-order valence-corrected chi connectivity index (χ2v) is 6.51. The van der Waals surface area contributed by atoms with Crippen molar-refractivity contribution in [3.63, 3.8) is 0 Å². The predicted molar refractivity (Wildman–Crippen MR) is 98.6 cm³/mol. The Morgan fingerprint density at radius 1 is 1.42 bits per heavy atom. The van der Waals surface area contributed by atoms with Crippen molar-refractivity contribution < 1.29 is 19.1 Å². The number of nitrogens with zero attached hydrogens (tertiary/aromatic N) is 1. The molecule has 1 saturated heterocycles. The van der Waals surface area contributed by atoms with Crippen LogP contribution in [0.25, 0.3) is 0 Å². The largest absolute Gasteiger partial charge is 0.486 e. The summed E-state index contributed by atoms with van der Waals surface area (Å²) < 4.78 is 11.4. The van der Waals surface area contributed by atoms with Crippen LogP contribution in [0.15, 0.2) is 24.3 Å². The summed E-state index contributed by atoms with van der Waals surface area (Å²) in [5, 5.41) is 8.64. The van der Waals surface area contributed by atoms with E-state index in [1.165, 1.54) is 6.08 Å². The van der Waals surface area contributed by atoms with Gasteiger partial charge < -0.3 is 30.3 Å². The highest BCUT2D eigenvalue weighted by Gasteiger charge is 2.23. The summed E-state index contributed by atoms with van der Waals surface area (Å²) >= 11 is 0. The van der Waals surface area contributed by atoms with Crippen LogP contribution in [-0.2, 0) is 9.53 Å². The predicted octanol–water partition coefficient (Wildman–Crippen LogP) is 1.02. The summed E-state index contributed by atoms with van der Waals surface area (Å²) in [6, 6.07) is 3.39. The molecule has 3 rings (SSSR count). The highest BCUT2D eigenvalue weighted by atomic mass is 16.5. The number of fused-ring (bicyclic) bond motifs is 1. The lowest BCUT2D eigenvalue weighted by molar-refractivity contribution is -0.111. The van der Waals surface area contributed by atoms with Gasteiger partial charge in [0.25, 0.3) is 5.91 Å². The molecule has 8 heteroatoms. The van der Waals surface area contributed by atoms with Gasteiger partial charge in [0, 0.05) is 25.1 Å². The zero-order valence-electron chi connectivity index (χ0n) is 15.0. The number of hydrogen-bond acceptors (Lipinski definition) is 6. The van der Waals surface area contributed by atoms with Crippen molar-refractivity contribution in [2.24, 2.45) is 0 Å². The maximum atomic E-state index is 12.2. The lowest BCUT2D eigenvalue weighted by Gasteiger charge is -2.23. The Morgan fingerprint density at radius 3 is 3.00 bits per heavy atom. The van der Waals surface area contributed by atoms with Crippen LogP contribution < -0.4 is 20.7 Å². The number of rotatable bonds is 6. The smallest absolute Gasteiger partial charge is 0.254 e. The lowest BCUT2D eigenvalue weighted by atomic mass is 10.1.